The highest BCUT2D eigenvalue weighted by atomic mass is 16.3. The lowest BCUT2D eigenvalue weighted by molar-refractivity contribution is -0.133. The Kier molecular flexibility index (Phi) is 3.22. The highest BCUT2D eigenvalue weighted by molar-refractivity contribution is 6.10. The molecule has 1 aliphatic heterocycles. The van der Waals surface area contributed by atoms with Gasteiger partial charge in [0.05, 0.1) is 12.0 Å². The van der Waals surface area contributed by atoms with Gasteiger partial charge in [-0.3, -0.25) is 9.59 Å². The summed E-state index contributed by atoms with van der Waals surface area (Å²) >= 11 is 0. The summed E-state index contributed by atoms with van der Waals surface area (Å²) in [6, 6.07) is 11.3. The molecule has 1 amide bonds. The fourth-order valence-corrected chi connectivity index (χ4v) is 2.67. The Bertz CT molecular complexity index is 784. The standard InChI is InChI=1S/C17H15NO4/c1-10-6-7-13-12(8-10)17(22,16(21)18-13)9-15(20)11-4-2-3-5-14(11)19/h2-8,19,22H,9H2,1H3,(H,18,21)/t17-/m1/s1. The highest BCUT2D eigenvalue weighted by Crippen LogP contribution is 2.40. The molecule has 1 heterocycles. The smallest absolute Gasteiger partial charge is 0.261 e. The van der Waals surface area contributed by atoms with Gasteiger partial charge < -0.3 is 15.5 Å². The van der Waals surface area contributed by atoms with Crippen LogP contribution in [0.3, 0.4) is 0 Å². The molecule has 112 valence electrons. The number of benzene rings is 2. The van der Waals surface area contributed by atoms with Crippen molar-refractivity contribution in [3.05, 3.63) is 59.2 Å². The molecule has 5 heteroatoms. The zero-order chi connectivity index (χ0) is 15.9. The van der Waals surface area contributed by atoms with E-state index in [4.69, 9.17) is 0 Å². The molecular formula is C17H15NO4. The number of rotatable bonds is 3. The Morgan fingerprint density at radius 1 is 1.23 bits per heavy atom. The van der Waals surface area contributed by atoms with Crippen molar-refractivity contribution in [2.45, 2.75) is 18.9 Å². The lowest BCUT2D eigenvalue weighted by atomic mass is 9.87. The van der Waals surface area contributed by atoms with Gasteiger partial charge in [-0.05, 0) is 25.1 Å². The number of carbonyl (C=O) groups is 2. The van der Waals surface area contributed by atoms with Gasteiger partial charge in [0.1, 0.15) is 5.75 Å². The van der Waals surface area contributed by atoms with Crippen molar-refractivity contribution >= 4 is 17.4 Å². The normalized spacial score (nSPS) is 19.6. The molecule has 0 radical (unpaired) electrons. The van der Waals surface area contributed by atoms with Gasteiger partial charge in [0.15, 0.2) is 11.4 Å². The van der Waals surface area contributed by atoms with E-state index in [-0.39, 0.29) is 11.3 Å². The van der Waals surface area contributed by atoms with E-state index in [1.165, 1.54) is 12.1 Å². The van der Waals surface area contributed by atoms with E-state index in [9.17, 15) is 19.8 Å². The second-order valence-corrected chi connectivity index (χ2v) is 5.48. The third-order valence-corrected chi connectivity index (χ3v) is 3.87. The number of phenolic OH excluding ortho intramolecular Hbond substituents is 1. The van der Waals surface area contributed by atoms with E-state index in [2.05, 4.69) is 5.32 Å². The number of fused-ring (bicyclic) bond motifs is 1. The summed E-state index contributed by atoms with van der Waals surface area (Å²) in [6.07, 6.45) is -0.424. The van der Waals surface area contributed by atoms with Gasteiger partial charge in [-0.15, -0.1) is 0 Å². The van der Waals surface area contributed by atoms with Crippen LogP contribution in [0.1, 0.15) is 27.9 Å². The number of nitrogens with one attached hydrogen (secondary N) is 1. The number of Topliss-reactive ketones (excluding diaryl/α,β-unsaturated/α-hetero) is 1. The minimum Gasteiger partial charge on any atom is -0.507 e. The van der Waals surface area contributed by atoms with Gasteiger partial charge in [-0.25, -0.2) is 0 Å². The maximum Gasteiger partial charge on any atom is 0.261 e. The first-order valence-electron chi connectivity index (χ1n) is 6.88. The average Bonchev–Trinajstić information content (AvgIpc) is 2.71. The molecule has 0 saturated carbocycles. The van der Waals surface area contributed by atoms with Crippen LogP contribution in [0, 0.1) is 6.92 Å². The molecule has 0 unspecified atom stereocenters. The third-order valence-electron chi connectivity index (χ3n) is 3.87. The van der Waals surface area contributed by atoms with Crippen molar-refractivity contribution in [3.8, 4) is 5.75 Å². The van der Waals surface area contributed by atoms with Crippen LogP contribution >= 0.6 is 0 Å². The number of aliphatic hydroxyl groups is 1. The fraction of sp³-hybridized carbons (Fsp3) is 0.176. The topological polar surface area (TPSA) is 86.6 Å². The Morgan fingerprint density at radius 3 is 2.68 bits per heavy atom. The van der Waals surface area contributed by atoms with E-state index < -0.39 is 23.7 Å². The predicted molar refractivity (Wildman–Crippen MR) is 80.8 cm³/mol. The molecule has 1 atom stereocenters. The number of amides is 1. The predicted octanol–water partition coefficient (Wildman–Crippen LogP) is 2.11. The lowest BCUT2D eigenvalue weighted by Gasteiger charge is -2.20. The Balaban J connectivity index is 1.98. The number of hydrogen-bond donors (Lipinski definition) is 3. The van der Waals surface area contributed by atoms with E-state index in [0.29, 0.717) is 11.3 Å². The molecule has 2 aromatic carbocycles. The van der Waals surface area contributed by atoms with Crippen molar-refractivity contribution in [2.24, 2.45) is 0 Å². The maximum atomic E-state index is 12.4. The first-order valence-corrected chi connectivity index (χ1v) is 6.88. The SMILES string of the molecule is Cc1ccc2c(c1)[C@](O)(CC(=O)c1ccccc1O)C(=O)N2. The van der Waals surface area contributed by atoms with E-state index in [0.717, 1.165) is 5.56 Å². The summed E-state index contributed by atoms with van der Waals surface area (Å²) in [6.45, 7) is 1.84. The van der Waals surface area contributed by atoms with Crippen LogP contribution in [-0.2, 0) is 10.4 Å². The Labute approximate surface area is 127 Å². The number of aromatic hydroxyl groups is 1. The zero-order valence-corrected chi connectivity index (χ0v) is 12.0. The summed E-state index contributed by atoms with van der Waals surface area (Å²) in [5, 5.41) is 23.1. The zero-order valence-electron chi connectivity index (χ0n) is 12.0. The monoisotopic (exact) mass is 297 g/mol. The Morgan fingerprint density at radius 2 is 1.95 bits per heavy atom. The van der Waals surface area contributed by atoms with Gasteiger partial charge in [0.25, 0.3) is 5.91 Å². The molecule has 0 fully saturated rings. The summed E-state index contributed by atoms with van der Waals surface area (Å²) in [5.74, 6) is -1.29. The van der Waals surface area contributed by atoms with E-state index in [1.54, 1.807) is 24.3 Å². The van der Waals surface area contributed by atoms with Crippen molar-refractivity contribution in [1.29, 1.82) is 0 Å². The number of anilines is 1. The molecule has 3 N–H and O–H groups in total. The van der Waals surface area contributed by atoms with E-state index in [1.807, 2.05) is 13.0 Å². The van der Waals surface area contributed by atoms with Crippen molar-refractivity contribution in [3.63, 3.8) is 0 Å². The third kappa shape index (κ3) is 2.16. The second kappa shape index (κ2) is 4.96. The van der Waals surface area contributed by atoms with Crippen LogP contribution in [0.2, 0.25) is 0 Å². The second-order valence-electron chi connectivity index (χ2n) is 5.48. The quantitative estimate of drug-likeness (QED) is 0.757. The van der Waals surface area contributed by atoms with Crippen LogP contribution in [0.15, 0.2) is 42.5 Å². The Hall–Kier alpha value is -2.66. The summed E-state index contributed by atoms with van der Waals surface area (Å²) in [7, 11) is 0. The average molecular weight is 297 g/mol. The largest absolute Gasteiger partial charge is 0.507 e. The molecule has 2 aromatic rings. The molecule has 3 rings (SSSR count). The van der Waals surface area contributed by atoms with Crippen molar-refractivity contribution < 1.29 is 19.8 Å². The summed E-state index contributed by atoms with van der Waals surface area (Å²) in [4.78, 5) is 24.5. The number of para-hydroxylation sites is 1. The number of carbonyl (C=O) groups excluding carboxylic acids is 2. The summed E-state index contributed by atoms with van der Waals surface area (Å²) in [5.41, 5.74) is -0.0567. The van der Waals surface area contributed by atoms with Gasteiger partial charge in [0, 0.05) is 11.3 Å². The van der Waals surface area contributed by atoms with Crippen LogP contribution in [-0.4, -0.2) is 21.9 Å². The molecule has 0 saturated heterocycles. The first kappa shape index (κ1) is 14.3. The van der Waals surface area contributed by atoms with Crippen molar-refractivity contribution in [2.75, 3.05) is 5.32 Å². The molecule has 0 aromatic heterocycles. The summed E-state index contributed by atoms with van der Waals surface area (Å²) < 4.78 is 0. The number of hydrogen-bond acceptors (Lipinski definition) is 4. The van der Waals surface area contributed by atoms with Crippen LogP contribution in [0.4, 0.5) is 5.69 Å². The van der Waals surface area contributed by atoms with Gasteiger partial charge in [-0.2, -0.15) is 0 Å². The van der Waals surface area contributed by atoms with Crippen LogP contribution in [0.5, 0.6) is 5.75 Å². The highest BCUT2D eigenvalue weighted by Gasteiger charge is 2.47. The molecule has 5 nitrogen and oxygen atoms in total. The van der Waals surface area contributed by atoms with Gasteiger partial charge in [0.2, 0.25) is 0 Å². The van der Waals surface area contributed by atoms with Gasteiger partial charge in [-0.1, -0.05) is 29.8 Å². The van der Waals surface area contributed by atoms with Crippen LogP contribution < -0.4 is 5.32 Å². The molecule has 0 spiro atoms. The van der Waals surface area contributed by atoms with Crippen molar-refractivity contribution in [1.82, 2.24) is 0 Å². The molecule has 0 aliphatic carbocycles. The fourth-order valence-electron chi connectivity index (χ4n) is 2.67. The van der Waals surface area contributed by atoms with Gasteiger partial charge >= 0.3 is 0 Å². The molecule has 1 aliphatic rings. The van der Waals surface area contributed by atoms with E-state index >= 15 is 0 Å². The number of aryl methyl sites for hydroxylation is 1. The van der Waals surface area contributed by atoms with Crippen LogP contribution in [0.25, 0.3) is 0 Å². The minimum atomic E-state index is -1.92. The number of ketones is 1. The number of phenols is 1. The molecular weight excluding hydrogens is 282 g/mol. The maximum absolute atomic E-state index is 12.4. The lowest BCUT2D eigenvalue weighted by Crippen LogP contribution is -2.36. The minimum absolute atomic E-state index is 0.0878. The molecule has 22 heavy (non-hydrogen) atoms. The molecule has 0 bridgehead atoms. The first-order chi connectivity index (χ1) is 10.4.